The molecule has 1 atom stereocenters. The van der Waals surface area contributed by atoms with Crippen LogP contribution in [0, 0.1) is 0 Å². The lowest BCUT2D eigenvalue weighted by Gasteiger charge is -2.31. The zero-order valence-corrected chi connectivity index (χ0v) is 13.5. The van der Waals surface area contributed by atoms with Gasteiger partial charge in [-0.05, 0) is 31.5 Å². The largest absolute Gasteiger partial charge is 0.297 e. The Morgan fingerprint density at radius 3 is 3.09 bits per heavy atom. The summed E-state index contributed by atoms with van der Waals surface area (Å²) in [4.78, 5) is 11.5. The van der Waals surface area contributed by atoms with E-state index in [-0.39, 0.29) is 0 Å². The summed E-state index contributed by atoms with van der Waals surface area (Å²) in [5.74, 6) is 1.42. The third-order valence-corrected chi connectivity index (χ3v) is 4.75. The fourth-order valence-electron chi connectivity index (χ4n) is 3.30. The number of pyridine rings is 1. The summed E-state index contributed by atoms with van der Waals surface area (Å²) < 4.78 is 0. The minimum Gasteiger partial charge on any atom is -0.297 e. The number of nitrogens with zero attached hydrogens (tertiary/aromatic N) is 4. The van der Waals surface area contributed by atoms with Crippen LogP contribution >= 0.6 is 11.6 Å². The summed E-state index contributed by atoms with van der Waals surface area (Å²) in [5, 5.41) is 8.76. The highest BCUT2D eigenvalue weighted by molar-refractivity contribution is 6.35. The van der Waals surface area contributed by atoms with E-state index in [1.54, 1.807) is 6.33 Å². The van der Waals surface area contributed by atoms with Crippen molar-refractivity contribution in [3.05, 3.63) is 53.2 Å². The number of benzene rings is 1. The molecule has 0 amide bonds. The van der Waals surface area contributed by atoms with Crippen molar-refractivity contribution in [3.8, 4) is 0 Å². The van der Waals surface area contributed by atoms with Crippen LogP contribution in [0.5, 0.6) is 0 Å². The number of nitrogens with one attached hydrogen (secondary N) is 1. The first-order valence-corrected chi connectivity index (χ1v) is 8.29. The van der Waals surface area contributed by atoms with Gasteiger partial charge in [0.2, 0.25) is 0 Å². The van der Waals surface area contributed by atoms with E-state index in [2.05, 4.69) is 32.2 Å². The van der Waals surface area contributed by atoms with Gasteiger partial charge in [-0.15, -0.1) is 0 Å². The van der Waals surface area contributed by atoms with Crippen molar-refractivity contribution in [1.29, 1.82) is 0 Å². The number of piperidine rings is 1. The number of likely N-dealkylation sites (tertiary alicyclic amines) is 1. The van der Waals surface area contributed by atoms with Crippen molar-refractivity contribution in [2.75, 3.05) is 13.1 Å². The maximum atomic E-state index is 6.27. The number of hydrogen-bond donors (Lipinski definition) is 1. The summed E-state index contributed by atoms with van der Waals surface area (Å²) in [6.45, 7) is 2.91. The number of aromatic nitrogens is 4. The van der Waals surface area contributed by atoms with Crippen LogP contribution in [-0.4, -0.2) is 38.2 Å². The van der Waals surface area contributed by atoms with Crippen molar-refractivity contribution in [2.24, 2.45) is 0 Å². The summed E-state index contributed by atoms with van der Waals surface area (Å²) in [5.41, 5.74) is 1.94. The van der Waals surface area contributed by atoms with E-state index in [0.717, 1.165) is 48.5 Å². The quantitative estimate of drug-likeness (QED) is 0.801. The molecule has 1 aliphatic heterocycles. The molecule has 0 saturated carbocycles. The minimum absolute atomic E-state index is 0.426. The maximum absolute atomic E-state index is 6.27. The molecule has 118 valence electrons. The van der Waals surface area contributed by atoms with Gasteiger partial charge in [-0.2, -0.15) is 5.10 Å². The molecule has 1 fully saturated rings. The summed E-state index contributed by atoms with van der Waals surface area (Å²) in [6.07, 6.45) is 3.91. The molecule has 1 saturated heterocycles. The molecular formula is C17H18ClN5. The lowest BCUT2D eigenvalue weighted by Crippen LogP contribution is -2.34. The molecule has 2 aromatic heterocycles. The zero-order valence-electron chi connectivity index (χ0n) is 12.7. The molecule has 0 aliphatic carbocycles. The lowest BCUT2D eigenvalue weighted by atomic mass is 9.97. The number of aromatic amines is 1. The van der Waals surface area contributed by atoms with Crippen LogP contribution in [0.15, 0.2) is 36.7 Å². The number of H-pyrrole nitrogens is 1. The van der Waals surface area contributed by atoms with Gasteiger partial charge in [-0.3, -0.25) is 10.00 Å². The first kappa shape index (κ1) is 14.6. The molecule has 3 aromatic rings. The minimum atomic E-state index is 0.426. The number of halogens is 1. The van der Waals surface area contributed by atoms with Crippen molar-refractivity contribution >= 4 is 22.5 Å². The van der Waals surface area contributed by atoms with Crippen LogP contribution in [0.2, 0.25) is 5.02 Å². The van der Waals surface area contributed by atoms with Gasteiger partial charge in [-0.1, -0.05) is 29.8 Å². The van der Waals surface area contributed by atoms with Gasteiger partial charge in [-0.25, -0.2) is 9.97 Å². The Labute approximate surface area is 139 Å². The molecule has 1 aromatic carbocycles. The van der Waals surface area contributed by atoms with Crippen molar-refractivity contribution in [3.63, 3.8) is 0 Å². The van der Waals surface area contributed by atoms with Gasteiger partial charge in [0.15, 0.2) is 0 Å². The Hall–Kier alpha value is -1.98. The van der Waals surface area contributed by atoms with Gasteiger partial charge in [0.05, 0.1) is 16.2 Å². The van der Waals surface area contributed by atoms with E-state index in [1.807, 2.05) is 18.2 Å². The van der Waals surface area contributed by atoms with Crippen LogP contribution in [0.3, 0.4) is 0 Å². The molecule has 6 heteroatoms. The van der Waals surface area contributed by atoms with Gasteiger partial charge < -0.3 is 0 Å². The SMILES string of the molecule is Clc1cccc2ccc(CN3CCC[C@H](c4ncn[nH]4)C3)nc12. The summed E-state index contributed by atoms with van der Waals surface area (Å²) >= 11 is 6.27. The lowest BCUT2D eigenvalue weighted by molar-refractivity contribution is 0.195. The third kappa shape index (κ3) is 3.07. The zero-order chi connectivity index (χ0) is 15.6. The van der Waals surface area contributed by atoms with Crippen LogP contribution < -0.4 is 0 Å². The Balaban J connectivity index is 1.52. The van der Waals surface area contributed by atoms with Crippen LogP contribution in [0.1, 0.15) is 30.3 Å². The summed E-state index contributed by atoms with van der Waals surface area (Å²) in [7, 11) is 0. The molecule has 3 heterocycles. The Bertz CT molecular complexity index is 802. The molecule has 0 unspecified atom stereocenters. The molecule has 5 nitrogen and oxygen atoms in total. The molecular weight excluding hydrogens is 310 g/mol. The number of para-hydroxylation sites is 1. The Morgan fingerprint density at radius 1 is 1.26 bits per heavy atom. The normalized spacial score (nSPS) is 19.3. The average Bonchev–Trinajstić information content (AvgIpc) is 3.11. The smallest absolute Gasteiger partial charge is 0.137 e. The topological polar surface area (TPSA) is 57.7 Å². The fraction of sp³-hybridized carbons (Fsp3) is 0.353. The van der Waals surface area contributed by atoms with Crippen molar-refractivity contribution < 1.29 is 0 Å². The molecule has 0 bridgehead atoms. The second-order valence-corrected chi connectivity index (χ2v) is 6.47. The predicted octanol–water partition coefficient (Wildman–Crippen LogP) is 3.39. The fourth-order valence-corrected chi connectivity index (χ4v) is 3.53. The van der Waals surface area contributed by atoms with Gasteiger partial charge in [0.1, 0.15) is 12.2 Å². The van der Waals surface area contributed by atoms with E-state index < -0.39 is 0 Å². The highest BCUT2D eigenvalue weighted by Gasteiger charge is 2.23. The Kier molecular flexibility index (Phi) is 3.97. The Morgan fingerprint density at radius 2 is 2.22 bits per heavy atom. The van der Waals surface area contributed by atoms with Crippen LogP contribution in [0.25, 0.3) is 10.9 Å². The second-order valence-electron chi connectivity index (χ2n) is 6.06. The molecule has 0 spiro atoms. The van der Waals surface area contributed by atoms with Crippen molar-refractivity contribution in [1.82, 2.24) is 25.1 Å². The van der Waals surface area contributed by atoms with Gasteiger partial charge in [0, 0.05) is 24.4 Å². The number of rotatable bonds is 3. The number of hydrogen-bond acceptors (Lipinski definition) is 4. The maximum Gasteiger partial charge on any atom is 0.137 e. The first-order chi connectivity index (χ1) is 11.3. The first-order valence-electron chi connectivity index (χ1n) is 7.91. The number of fused-ring (bicyclic) bond motifs is 1. The monoisotopic (exact) mass is 327 g/mol. The standard InChI is InChI=1S/C17H18ClN5/c18-15-5-1-3-12-6-7-14(21-16(12)15)10-23-8-2-4-13(9-23)17-19-11-20-22-17/h1,3,5-7,11,13H,2,4,8-10H2,(H,19,20,22)/t13-/m0/s1. The molecule has 23 heavy (non-hydrogen) atoms. The van der Waals surface area contributed by atoms with E-state index in [1.165, 1.54) is 6.42 Å². The van der Waals surface area contributed by atoms with Crippen LogP contribution in [0.4, 0.5) is 0 Å². The predicted molar refractivity (Wildman–Crippen MR) is 90.4 cm³/mol. The highest BCUT2D eigenvalue weighted by atomic mass is 35.5. The molecule has 1 aliphatic rings. The van der Waals surface area contributed by atoms with E-state index in [0.29, 0.717) is 10.9 Å². The van der Waals surface area contributed by atoms with Gasteiger partial charge >= 0.3 is 0 Å². The molecule has 4 rings (SSSR count). The molecule has 1 N–H and O–H groups in total. The van der Waals surface area contributed by atoms with E-state index in [4.69, 9.17) is 16.6 Å². The second kappa shape index (κ2) is 6.26. The van der Waals surface area contributed by atoms with Crippen LogP contribution in [-0.2, 0) is 6.54 Å². The van der Waals surface area contributed by atoms with Gasteiger partial charge in [0.25, 0.3) is 0 Å². The van der Waals surface area contributed by atoms with Crippen molar-refractivity contribution in [2.45, 2.75) is 25.3 Å². The van der Waals surface area contributed by atoms with E-state index >= 15 is 0 Å². The highest BCUT2D eigenvalue weighted by Crippen LogP contribution is 2.26. The van der Waals surface area contributed by atoms with E-state index in [9.17, 15) is 0 Å². The summed E-state index contributed by atoms with van der Waals surface area (Å²) in [6, 6.07) is 10.1. The molecule has 0 radical (unpaired) electrons. The average molecular weight is 328 g/mol. The third-order valence-electron chi connectivity index (χ3n) is 4.44.